The first-order valence-corrected chi connectivity index (χ1v) is 9.56. The molecule has 0 bridgehead atoms. The van der Waals surface area contributed by atoms with E-state index >= 15 is 0 Å². The van der Waals surface area contributed by atoms with E-state index < -0.39 is 0 Å². The number of aliphatic hydroxyl groups excluding tert-OH is 1. The van der Waals surface area contributed by atoms with Crippen molar-refractivity contribution in [2.75, 3.05) is 12.4 Å². The van der Waals surface area contributed by atoms with Crippen LogP contribution in [0.3, 0.4) is 0 Å². The van der Waals surface area contributed by atoms with Crippen molar-refractivity contribution < 1.29 is 14.4 Å². The van der Waals surface area contributed by atoms with E-state index in [4.69, 9.17) is 9.26 Å². The number of hydrogen-bond donors (Lipinski definition) is 2. The molecule has 0 unspecified atom stereocenters. The topological polar surface area (TPSA) is 93.3 Å². The molecule has 0 radical (unpaired) electrons. The van der Waals surface area contributed by atoms with Crippen LogP contribution in [0.5, 0.6) is 5.75 Å². The van der Waals surface area contributed by atoms with Crippen LogP contribution in [-0.4, -0.2) is 39.5 Å². The Morgan fingerprint density at radius 2 is 1.89 bits per heavy atom. The molecule has 2 N–H and O–H groups in total. The summed E-state index contributed by atoms with van der Waals surface area (Å²) in [6.07, 6.45) is 5.78. The minimum Gasteiger partial charge on any atom is -0.497 e. The van der Waals surface area contributed by atoms with Gasteiger partial charge >= 0.3 is 0 Å². The van der Waals surface area contributed by atoms with Crippen molar-refractivity contribution in [1.29, 1.82) is 0 Å². The molecule has 4 rings (SSSR count). The summed E-state index contributed by atoms with van der Waals surface area (Å²) in [4.78, 5) is 8.94. The first-order chi connectivity index (χ1) is 13.7. The van der Waals surface area contributed by atoms with Gasteiger partial charge in [-0.2, -0.15) is 4.98 Å². The van der Waals surface area contributed by atoms with Crippen LogP contribution < -0.4 is 10.1 Å². The number of nitrogens with zero attached hydrogens (tertiary/aromatic N) is 3. The van der Waals surface area contributed by atoms with Gasteiger partial charge in [-0.05, 0) is 55.5 Å². The predicted octanol–water partition coefficient (Wildman–Crippen LogP) is 3.45. The maximum Gasteiger partial charge on any atom is 0.259 e. The second kappa shape index (κ2) is 8.39. The highest BCUT2D eigenvalue weighted by Crippen LogP contribution is 2.23. The van der Waals surface area contributed by atoms with Crippen LogP contribution in [0, 0.1) is 0 Å². The minimum atomic E-state index is -0.155. The molecule has 0 spiro atoms. The summed E-state index contributed by atoms with van der Waals surface area (Å²) in [6.45, 7) is 0. The van der Waals surface area contributed by atoms with E-state index in [0.29, 0.717) is 24.2 Å². The molecule has 146 valence electrons. The number of hydrogen-bond acceptors (Lipinski definition) is 7. The molecule has 0 atom stereocenters. The summed E-state index contributed by atoms with van der Waals surface area (Å²) in [5.74, 6) is 2.73. The van der Waals surface area contributed by atoms with Gasteiger partial charge in [-0.3, -0.25) is 0 Å². The number of rotatable bonds is 6. The number of nitrogens with one attached hydrogen (secondary N) is 1. The summed E-state index contributed by atoms with van der Waals surface area (Å²) < 4.78 is 10.6. The van der Waals surface area contributed by atoms with Crippen molar-refractivity contribution in [3.63, 3.8) is 0 Å². The maximum absolute atomic E-state index is 9.60. The quantitative estimate of drug-likeness (QED) is 0.676. The van der Waals surface area contributed by atoms with Crippen molar-refractivity contribution >= 4 is 5.82 Å². The van der Waals surface area contributed by atoms with E-state index in [9.17, 15) is 5.11 Å². The molecule has 7 heteroatoms. The first-order valence-electron chi connectivity index (χ1n) is 9.56. The molecule has 0 aliphatic heterocycles. The second-order valence-corrected chi connectivity index (χ2v) is 7.12. The Morgan fingerprint density at radius 3 is 2.57 bits per heavy atom. The zero-order valence-electron chi connectivity index (χ0n) is 15.8. The van der Waals surface area contributed by atoms with Crippen LogP contribution >= 0.6 is 0 Å². The number of methoxy groups -OCH3 is 1. The number of ether oxygens (including phenoxy) is 1. The highest BCUT2D eigenvalue weighted by atomic mass is 16.5. The number of benzene rings is 1. The summed E-state index contributed by atoms with van der Waals surface area (Å²) in [7, 11) is 1.65. The fourth-order valence-electron chi connectivity index (χ4n) is 3.40. The van der Waals surface area contributed by atoms with Gasteiger partial charge in [0.2, 0.25) is 0 Å². The van der Waals surface area contributed by atoms with Crippen LogP contribution in [0.2, 0.25) is 0 Å². The molecular weight excluding hydrogens is 356 g/mol. The van der Waals surface area contributed by atoms with Gasteiger partial charge in [0.05, 0.1) is 18.8 Å². The van der Waals surface area contributed by atoms with Gasteiger partial charge in [-0.15, -0.1) is 0 Å². The molecule has 1 aromatic carbocycles. The third kappa shape index (κ3) is 4.48. The first kappa shape index (κ1) is 18.4. The number of anilines is 1. The molecule has 2 aromatic heterocycles. The Kier molecular flexibility index (Phi) is 5.53. The van der Waals surface area contributed by atoms with Crippen LogP contribution in [-0.2, 0) is 6.42 Å². The molecule has 7 nitrogen and oxygen atoms in total. The highest BCUT2D eigenvalue weighted by Gasteiger charge is 2.19. The Hall–Kier alpha value is -2.93. The Morgan fingerprint density at radius 1 is 1.11 bits per heavy atom. The van der Waals surface area contributed by atoms with Crippen LogP contribution in [0.25, 0.3) is 11.5 Å². The SMILES string of the molecule is COc1ccc(Cc2noc(-c3ccc(NC4CCC(O)CC4)nc3)n2)cc1. The third-order valence-electron chi connectivity index (χ3n) is 5.05. The summed E-state index contributed by atoms with van der Waals surface area (Å²) in [6, 6.07) is 12.0. The Balaban J connectivity index is 1.37. The van der Waals surface area contributed by atoms with E-state index in [1.807, 2.05) is 36.4 Å². The molecule has 1 saturated carbocycles. The van der Waals surface area contributed by atoms with E-state index in [1.165, 1.54) is 0 Å². The van der Waals surface area contributed by atoms with Gasteiger partial charge in [0.1, 0.15) is 11.6 Å². The van der Waals surface area contributed by atoms with Gasteiger partial charge < -0.3 is 19.7 Å². The smallest absolute Gasteiger partial charge is 0.259 e. The van der Waals surface area contributed by atoms with Gasteiger partial charge in [0.15, 0.2) is 5.82 Å². The predicted molar refractivity (Wildman–Crippen MR) is 105 cm³/mol. The molecule has 1 aliphatic rings. The molecule has 2 heterocycles. The minimum absolute atomic E-state index is 0.155. The van der Waals surface area contributed by atoms with Crippen molar-refractivity contribution in [1.82, 2.24) is 15.1 Å². The molecule has 1 aliphatic carbocycles. The molecule has 0 saturated heterocycles. The second-order valence-electron chi connectivity index (χ2n) is 7.12. The van der Waals surface area contributed by atoms with Crippen LogP contribution in [0.4, 0.5) is 5.82 Å². The zero-order chi connectivity index (χ0) is 19.3. The van der Waals surface area contributed by atoms with E-state index in [1.54, 1.807) is 13.3 Å². The monoisotopic (exact) mass is 380 g/mol. The van der Waals surface area contributed by atoms with Crippen molar-refractivity contribution in [3.05, 3.63) is 54.0 Å². The lowest BCUT2D eigenvalue weighted by Gasteiger charge is -2.26. The molecule has 1 fully saturated rings. The summed E-state index contributed by atoms with van der Waals surface area (Å²) in [5, 5.41) is 17.1. The van der Waals surface area contributed by atoms with E-state index in [2.05, 4.69) is 20.4 Å². The third-order valence-corrected chi connectivity index (χ3v) is 5.05. The van der Waals surface area contributed by atoms with Crippen molar-refractivity contribution in [2.45, 2.75) is 44.2 Å². The zero-order valence-corrected chi connectivity index (χ0v) is 15.8. The largest absolute Gasteiger partial charge is 0.497 e. The van der Waals surface area contributed by atoms with Gasteiger partial charge in [0, 0.05) is 18.7 Å². The van der Waals surface area contributed by atoms with Crippen molar-refractivity contribution in [3.8, 4) is 17.2 Å². The van der Waals surface area contributed by atoms with E-state index in [-0.39, 0.29) is 6.10 Å². The summed E-state index contributed by atoms with van der Waals surface area (Å²) >= 11 is 0. The van der Waals surface area contributed by atoms with Crippen molar-refractivity contribution in [2.24, 2.45) is 0 Å². The number of aromatic nitrogens is 3. The number of aliphatic hydroxyl groups is 1. The Bertz CT molecular complexity index is 885. The fourth-order valence-corrected chi connectivity index (χ4v) is 3.40. The number of pyridine rings is 1. The van der Waals surface area contributed by atoms with Crippen LogP contribution in [0.1, 0.15) is 37.1 Å². The average Bonchev–Trinajstić information content (AvgIpc) is 3.19. The molecule has 0 amide bonds. The Labute approximate surface area is 163 Å². The highest BCUT2D eigenvalue weighted by molar-refractivity contribution is 5.54. The standard InChI is InChI=1S/C21H24N4O3/c1-27-18-9-2-14(3-10-18)12-20-24-21(28-25-20)15-4-11-19(22-13-15)23-16-5-7-17(26)8-6-16/h2-4,9-11,13,16-17,26H,5-8,12H2,1H3,(H,22,23). The normalized spacial score (nSPS) is 19.4. The lowest BCUT2D eigenvalue weighted by Crippen LogP contribution is -2.28. The summed E-state index contributed by atoms with van der Waals surface area (Å²) in [5.41, 5.74) is 1.88. The molecule has 28 heavy (non-hydrogen) atoms. The van der Waals surface area contributed by atoms with Gasteiger partial charge in [-0.25, -0.2) is 4.98 Å². The van der Waals surface area contributed by atoms with Crippen LogP contribution in [0.15, 0.2) is 47.1 Å². The molecular formula is C21H24N4O3. The maximum atomic E-state index is 9.60. The molecule has 3 aromatic rings. The fraction of sp³-hybridized carbons (Fsp3) is 0.381. The lowest BCUT2D eigenvalue weighted by molar-refractivity contribution is 0.126. The van der Waals surface area contributed by atoms with Gasteiger partial charge in [-0.1, -0.05) is 17.3 Å². The van der Waals surface area contributed by atoms with E-state index in [0.717, 1.165) is 48.4 Å². The average molecular weight is 380 g/mol. The van der Waals surface area contributed by atoms with Gasteiger partial charge in [0.25, 0.3) is 5.89 Å². The lowest BCUT2D eigenvalue weighted by atomic mass is 9.93.